The van der Waals surface area contributed by atoms with Crippen molar-refractivity contribution in [2.75, 3.05) is 6.61 Å². The van der Waals surface area contributed by atoms with Crippen molar-refractivity contribution in [2.45, 2.75) is 69.4 Å². The summed E-state index contributed by atoms with van der Waals surface area (Å²) in [6.45, 7) is 10.1. The fourth-order valence-corrected chi connectivity index (χ4v) is 5.85. The number of carbonyl (C=O) groups excluding carboxylic acids is 1. The van der Waals surface area contributed by atoms with Crippen LogP contribution in [0.1, 0.15) is 42.5 Å². The van der Waals surface area contributed by atoms with Crippen molar-refractivity contribution in [3.05, 3.63) is 40.5 Å². The summed E-state index contributed by atoms with van der Waals surface area (Å²) in [5.41, 5.74) is -3.91. The van der Waals surface area contributed by atoms with Crippen LogP contribution in [0.25, 0.3) is 5.69 Å². The SMILES string of the molecule is CC12C[C@@H](NC(=O)OCC[Si](C)(C)C)C(C)(O1)c1c2c(O)n(-c2ccc(C#N)c(C(F)(F)F)c2)c1O. The molecule has 0 aliphatic carbocycles. The van der Waals surface area contributed by atoms with Gasteiger partial charge < -0.3 is 25.0 Å². The molecule has 2 unspecified atom stereocenters. The van der Waals surface area contributed by atoms with E-state index in [9.17, 15) is 28.2 Å². The van der Waals surface area contributed by atoms with Crippen molar-refractivity contribution < 1.29 is 37.7 Å². The van der Waals surface area contributed by atoms with Gasteiger partial charge >= 0.3 is 12.3 Å². The van der Waals surface area contributed by atoms with Gasteiger partial charge in [-0.25, -0.2) is 4.79 Å². The molecule has 12 heteroatoms. The molecule has 0 saturated carbocycles. The highest BCUT2D eigenvalue weighted by Crippen LogP contribution is 2.64. The summed E-state index contributed by atoms with van der Waals surface area (Å²) >= 11 is 0. The number of rotatable bonds is 5. The number of halogens is 3. The lowest BCUT2D eigenvalue weighted by molar-refractivity contribution is -0.137. The van der Waals surface area contributed by atoms with E-state index in [4.69, 9.17) is 14.7 Å². The Morgan fingerprint density at radius 1 is 1.28 bits per heavy atom. The molecule has 3 heterocycles. The quantitative estimate of drug-likeness (QED) is 0.471. The second-order valence-electron chi connectivity index (χ2n) is 10.9. The van der Waals surface area contributed by atoms with Gasteiger partial charge in [0, 0.05) is 14.5 Å². The lowest BCUT2D eigenvalue weighted by Gasteiger charge is -2.30. The topological polar surface area (TPSA) is 117 Å². The van der Waals surface area contributed by atoms with Crippen LogP contribution in [0.3, 0.4) is 0 Å². The van der Waals surface area contributed by atoms with Crippen molar-refractivity contribution >= 4 is 14.2 Å². The first-order valence-corrected chi connectivity index (χ1v) is 15.2. The fourth-order valence-electron chi connectivity index (χ4n) is 5.13. The molecular weight excluding hydrogens is 495 g/mol. The second-order valence-corrected chi connectivity index (χ2v) is 16.5. The smallest absolute Gasteiger partial charge is 0.417 e. The molecule has 8 nitrogen and oxygen atoms in total. The summed E-state index contributed by atoms with van der Waals surface area (Å²) in [4.78, 5) is 12.5. The third-order valence-electron chi connectivity index (χ3n) is 6.91. The van der Waals surface area contributed by atoms with Crippen LogP contribution in [0.5, 0.6) is 11.8 Å². The average Bonchev–Trinajstić information content (AvgIpc) is 3.26. The summed E-state index contributed by atoms with van der Waals surface area (Å²) in [6, 6.07) is 4.57. The molecule has 1 amide bonds. The van der Waals surface area contributed by atoms with Crippen LogP contribution in [-0.4, -0.2) is 41.6 Å². The molecule has 4 rings (SSSR count). The molecule has 2 bridgehead atoms. The highest BCUT2D eigenvalue weighted by Gasteiger charge is 2.65. The molecule has 1 saturated heterocycles. The molecule has 0 spiro atoms. The first kappa shape index (κ1) is 25.9. The van der Waals surface area contributed by atoms with Gasteiger partial charge in [0.25, 0.3) is 0 Å². The van der Waals surface area contributed by atoms with Crippen LogP contribution in [0.15, 0.2) is 18.2 Å². The van der Waals surface area contributed by atoms with Crippen molar-refractivity contribution in [3.8, 4) is 23.5 Å². The Kier molecular flexibility index (Phi) is 5.88. The monoisotopic (exact) mass is 523 g/mol. The number of nitrogens with zero attached hydrogens (tertiary/aromatic N) is 2. The number of nitrogens with one attached hydrogen (secondary N) is 1. The Morgan fingerprint density at radius 3 is 2.50 bits per heavy atom. The summed E-state index contributed by atoms with van der Waals surface area (Å²) in [7, 11) is -1.40. The second kappa shape index (κ2) is 8.17. The Bertz CT molecular complexity index is 1280. The van der Waals surface area contributed by atoms with E-state index in [0.717, 1.165) is 16.7 Å². The van der Waals surface area contributed by atoms with Crippen LogP contribution in [0, 0.1) is 11.3 Å². The summed E-state index contributed by atoms with van der Waals surface area (Å²) < 4.78 is 53.0. The largest absolute Gasteiger partial charge is 0.494 e. The molecular formula is C24H28F3N3O5Si. The number of hydrogen-bond donors (Lipinski definition) is 3. The molecule has 1 aromatic heterocycles. The van der Waals surface area contributed by atoms with Crippen molar-refractivity contribution in [3.63, 3.8) is 0 Å². The molecule has 3 N–H and O–H groups in total. The zero-order chi connectivity index (χ0) is 26.8. The lowest BCUT2D eigenvalue weighted by atomic mass is 9.76. The van der Waals surface area contributed by atoms with Gasteiger partial charge in [0.05, 0.1) is 52.3 Å². The van der Waals surface area contributed by atoms with Crippen LogP contribution in [0.4, 0.5) is 18.0 Å². The first-order chi connectivity index (χ1) is 16.5. The van der Waals surface area contributed by atoms with Gasteiger partial charge in [-0.1, -0.05) is 19.6 Å². The van der Waals surface area contributed by atoms with Crippen LogP contribution in [-0.2, 0) is 26.9 Å². The number of amides is 1. The van der Waals surface area contributed by atoms with Gasteiger partial charge in [0.2, 0.25) is 11.8 Å². The van der Waals surface area contributed by atoms with Crippen LogP contribution < -0.4 is 5.32 Å². The number of benzene rings is 1. The Labute approximate surface area is 207 Å². The van der Waals surface area contributed by atoms with Crippen LogP contribution >= 0.6 is 0 Å². The predicted molar refractivity (Wildman–Crippen MR) is 126 cm³/mol. The van der Waals surface area contributed by atoms with Crippen molar-refractivity contribution in [1.29, 1.82) is 5.26 Å². The molecule has 2 aromatic rings. The zero-order valence-corrected chi connectivity index (χ0v) is 21.6. The van der Waals surface area contributed by atoms with E-state index in [2.05, 4.69) is 25.0 Å². The molecule has 3 atom stereocenters. The molecule has 2 aliphatic rings. The summed E-state index contributed by atoms with van der Waals surface area (Å²) in [6.07, 6.45) is -5.20. The highest BCUT2D eigenvalue weighted by molar-refractivity contribution is 6.76. The van der Waals surface area contributed by atoms with Gasteiger partial charge in [-0.05, 0) is 38.1 Å². The van der Waals surface area contributed by atoms with Gasteiger partial charge in [0.15, 0.2) is 0 Å². The normalized spacial score (nSPS) is 24.9. The van der Waals surface area contributed by atoms with E-state index in [1.165, 1.54) is 12.1 Å². The van der Waals surface area contributed by atoms with E-state index in [1.807, 2.05) is 0 Å². The van der Waals surface area contributed by atoms with E-state index in [1.54, 1.807) is 13.8 Å². The molecule has 2 aliphatic heterocycles. The molecule has 36 heavy (non-hydrogen) atoms. The molecule has 194 valence electrons. The number of hydrogen-bond acceptors (Lipinski definition) is 6. The zero-order valence-electron chi connectivity index (χ0n) is 20.6. The van der Waals surface area contributed by atoms with Crippen LogP contribution in [0.2, 0.25) is 25.7 Å². The minimum Gasteiger partial charge on any atom is -0.494 e. The maximum atomic E-state index is 13.5. The lowest BCUT2D eigenvalue weighted by Crippen LogP contribution is -2.47. The summed E-state index contributed by atoms with van der Waals surface area (Å²) in [5.74, 6) is -0.979. The number of nitriles is 1. The number of aromatic nitrogens is 1. The van der Waals surface area contributed by atoms with Gasteiger partial charge in [0.1, 0.15) is 5.60 Å². The molecule has 1 aromatic carbocycles. The Balaban J connectivity index is 1.70. The Hall–Kier alpha value is -3.17. The maximum absolute atomic E-state index is 13.5. The van der Waals surface area contributed by atoms with Gasteiger partial charge in [-0.15, -0.1) is 0 Å². The Morgan fingerprint density at radius 2 is 1.92 bits per heavy atom. The standard InChI is InChI=1S/C24H28F3N3O5Si/c1-22-11-16(29-21(33)34-8-9-36(3,4)5)23(2,35-22)18-17(22)19(31)30(20(18)32)14-7-6-13(12-28)15(10-14)24(25,26)27/h6-7,10,16,31-32H,8-9,11H2,1-5H3,(H,29,33)/t16-,22?,23?/m1/s1. The number of carbonyl (C=O) groups is 1. The summed E-state index contributed by atoms with van der Waals surface area (Å²) in [5, 5.41) is 34.0. The first-order valence-electron chi connectivity index (χ1n) is 11.4. The van der Waals surface area contributed by atoms with Crippen molar-refractivity contribution in [1.82, 2.24) is 9.88 Å². The number of fused-ring (bicyclic) bond motifs is 5. The number of aromatic hydroxyl groups is 2. The fraction of sp³-hybridized carbons (Fsp3) is 0.500. The van der Waals surface area contributed by atoms with E-state index >= 15 is 0 Å². The molecule has 1 fully saturated rings. The van der Waals surface area contributed by atoms with E-state index in [-0.39, 0.29) is 29.8 Å². The minimum atomic E-state index is -4.81. The third-order valence-corrected chi connectivity index (χ3v) is 8.61. The minimum absolute atomic E-state index is 0.174. The highest BCUT2D eigenvalue weighted by atomic mass is 28.3. The number of alkyl carbamates (subject to hydrolysis) is 1. The maximum Gasteiger partial charge on any atom is 0.417 e. The third kappa shape index (κ3) is 4.10. The average molecular weight is 524 g/mol. The van der Waals surface area contributed by atoms with Crippen molar-refractivity contribution in [2.24, 2.45) is 0 Å². The number of alkyl halides is 3. The van der Waals surface area contributed by atoms with E-state index in [0.29, 0.717) is 6.07 Å². The van der Waals surface area contributed by atoms with E-state index < -0.39 is 60.5 Å². The van der Waals surface area contributed by atoms with Gasteiger partial charge in [-0.3, -0.25) is 4.57 Å². The number of ether oxygens (including phenoxy) is 2. The molecule has 0 radical (unpaired) electrons. The predicted octanol–water partition coefficient (Wildman–Crippen LogP) is 5.08. The van der Waals surface area contributed by atoms with Gasteiger partial charge in [-0.2, -0.15) is 18.4 Å².